The predicted molar refractivity (Wildman–Crippen MR) is 112 cm³/mol. The van der Waals surface area contributed by atoms with Crippen LogP contribution in [-0.2, 0) is 16.1 Å². The van der Waals surface area contributed by atoms with Crippen LogP contribution in [0.15, 0.2) is 66.1 Å². The molecule has 0 radical (unpaired) electrons. The molecular weight excluding hydrogens is 388 g/mol. The number of carbonyl (C=O) groups is 2. The van der Waals surface area contributed by atoms with E-state index in [0.29, 0.717) is 28.6 Å². The molecule has 0 aliphatic carbocycles. The molecule has 0 saturated carbocycles. The van der Waals surface area contributed by atoms with E-state index in [1.807, 2.05) is 22.8 Å². The van der Waals surface area contributed by atoms with Crippen molar-refractivity contribution in [3.05, 3.63) is 72.1 Å². The van der Waals surface area contributed by atoms with E-state index in [2.05, 4.69) is 15.5 Å². The van der Waals surface area contributed by atoms with E-state index >= 15 is 0 Å². The topological polar surface area (TPSA) is 86.1 Å². The van der Waals surface area contributed by atoms with E-state index in [-0.39, 0.29) is 17.4 Å². The van der Waals surface area contributed by atoms with Crippen molar-refractivity contribution in [1.82, 2.24) is 14.8 Å². The summed E-state index contributed by atoms with van der Waals surface area (Å²) in [5.41, 5.74) is 1.53. The maximum Gasteiger partial charge on any atom is 0.234 e. The third-order valence-electron chi connectivity index (χ3n) is 4.14. The molecule has 0 fully saturated rings. The fourth-order valence-corrected chi connectivity index (χ4v) is 3.48. The number of carbonyl (C=O) groups excluding carboxylic acids is 2. The van der Waals surface area contributed by atoms with Gasteiger partial charge in [0, 0.05) is 31.4 Å². The van der Waals surface area contributed by atoms with Crippen LogP contribution in [0, 0.1) is 0 Å². The monoisotopic (exact) mass is 410 g/mol. The molecule has 2 aromatic carbocycles. The molecule has 1 aromatic heterocycles. The summed E-state index contributed by atoms with van der Waals surface area (Å²) in [5, 5.41) is 11.5. The zero-order chi connectivity index (χ0) is 20.5. The summed E-state index contributed by atoms with van der Waals surface area (Å²) in [7, 11) is 1.66. The lowest BCUT2D eigenvalue weighted by atomic mass is 10.0. The molecule has 0 aliphatic heterocycles. The van der Waals surface area contributed by atoms with Gasteiger partial charge in [0.1, 0.15) is 6.33 Å². The molecule has 0 spiro atoms. The van der Waals surface area contributed by atoms with E-state index in [1.165, 1.54) is 11.8 Å². The van der Waals surface area contributed by atoms with Crippen LogP contribution in [0.3, 0.4) is 0 Å². The van der Waals surface area contributed by atoms with E-state index in [0.717, 1.165) is 13.0 Å². The average Bonchev–Trinajstić information content (AvgIpc) is 3.20. The first kappa shape index (κ1) is 20.8. The number of rotatable bonds is 10. The lowest BCUT2D eigenvalue weighted by molar-refractivity contribution is -0.113. The average molecular weight is 410 g/mol. The molecule has 3 aromatic rings. The molecule has 1 heterocycles. The van der Waals surface area contributed by atoms with Crippen LogP contribution in [0.5, 0.6) is 0 Å². The number of aromatic nitrogens is 3. The molecular formula is C21H22N4O3S. The summed E-state index contributed by atoms with van der Waals surface area (Å²) in [6.45, 7) is 1.37. The minimum Gasteiger partial charge on any atom is -0.385 e. The molecule has 1 N–H and O–H groups in total. The van der Waals surface area contributed by atoms with Gasteiger partial charge >= 0.3 is 0 Å². The maximum atomic E-state index is 12.8. The second-order valence-corrected chi connectivity index (χ2v) is 7.17. The highest BCUT2D eigenvalue weighted by atomic mass is 32.2. The first-order valence-corrected chi connectivity index (χ1v) is 10.2. The van der Waals surface area contributed by atoms with Gasteiger partial charge in [-0.1, -0.05) is 54.2 Å². The van der Waals surface area contributed by atoms with Crippen LogP contribution < -0.4 is 5.32 Å². The van der Waals surface area contributed by atoms with Gasteiger partial charge in [-0.25, -0.2) is 0 Å². The SMILES string of the molecule is COCCCn1cnnc1SCC(=O)Nc1ccccc1C(=O)c1ccccc1. The first-order chi connectivity index (χ1) is 14.2. The number of aryl methyl sites for hydroxylation is 1. The normalized spacial score (nSPS) is 10.7. The maximum absolute atomic E-state index is 12.8. The Hall–Kier alpha value is -2.97. The van der Waals surface area contributed by atoms with E-state index in [4.69, 9.17) is 4.74 Å². The molecule has 0 bridgehead atoms. The Morgan fingerprint density at radius 3 is 2.66 bits per heavy atom. The molecule has 8 heteroatoms. The molecule has 29 heavy (non-hydrogen) atoms. The largest absolute Gasteiger partial charge is 0.385 e. The zero-order valence-corrected chi connectivity index (χ0v) is 16.9. The fourth-order valence-electron chi connectivity index (χ4n) is 2.74. The molecule has 150 valence electrons. The molecule has 0 saturated heterocycles. The van der Waals surface area contributed by atoms with Gasteiger partial charge in [0.15, 0.2) is 10.9 Å². The van der Waals surface area contributed by atoms with Crippen molar-refractivity contribution in [2.75, 3.05) is 24.8 Å². The summed E-state index contributed by atoms with van der Waals surface area (Å²) >= 11 is 1.30. The number of hydrogen-bond donors (Lipinski definition) is 1. The first-order valence-electron chi connectivity index (χ1n) is 9.17. The third kappa shape index (κ3) is 5.75. The van der Waals surface area contributed by atoms with Gasteiger partial charge in [-0.2, -0.15) is 0 Å². The highest BCUT2D eigenvalue weighted by Crippen LogP contribution is 2.21. The Morgan fingerprint density at radius 2 is 1.86 bits per heavy atom. The molecule has 1 amide bonds. The second-order valence-electron chi connectivity index (χ2n) is 6.23. The number of amides is 1. The smallest absolute Gasteiger partial charge is 0.234 e. The number of anilines is 1. The lowest BCUT2D eigenvalue weighted by Crippen LogP contribution is -2.17. The van der Waals surface area contributed by atoms with Crippen molar-refractivity contribution in [2.45, 2.75) is 18.1 Å². The number of hydrogen-bond acceptors (Lipinski definition) is 6. The number of thioether (sulfide) groups is 1. The second kappa shape index (κ2) is 10.5. The highest BCUT2D eigenvalue weighted by molar-refractivity contribution is 7.99. The summed E-state index contributed by atoms with van der Waals surface area (Å²) in [6, 6.07) is 16.0. The van der Waals surface area contributed by atoms with Gasteiger partial charge in [-0.15, -0.1) is 10.2 Å². The van der Waals surface area contributed by atoms with Crippen LogP contribution in [0.1, 0.15) is 22.3 Å². The van der Waals surface area contributed by atoms with Crippen molar-refractivity contribution in [3.8, 4) is 0 Å². The Kier molecular flexibility index (Phi) is 7.54. The zero-order valence-electron chi connectivity index (χ0n) is 16.1. The van der Waals surface area contributed by atoms with Crippen LogP contribution in [0.2, 0.25) is 0 Å². The van der Waals surface area contributed by atoms with Crippen LogP contribution in [-0.4, -0.2) is 45.9 Å². The number of nitrogens with zero attached hydrogens (tertiary/aromatic N) is 3. The highest BCUT2D eigenvalue weighted by Gasteiger charge is 2.15. The summed E-state index contributed by atoms with van der Waals surface area (Å²) < 4.78 is 6.95. The van der Waals surface area contributed by atoms with Gasteiger partial charge in [0.25, 0.3) is 0 Å². The van der Waals surface area contributed by atoms with Crippen molar-refractivity contribution in [3.63, 3.8) is 0 Å². The molecule has 0 atom stereocenters. The number of methoxy groups -OCH3 is 1. The number of ether oxygens (including phenoxy) is 1. The Balaban J connectivity index is 1.62. The van der Waals surface area contributed by atoms with Crippen molar-refractivity contribution < 1.29 is 14.3 Å². The fraction of sp³-hybridized carbons (Fsp3) is 0.238. The summed E-state index contributed by atoms with van der Waals surface area (Å²) in [4.78, 5) is 25.2. The van der Waals surface area contributed by atoms with Crippen LogP contribution >= 0.6 is 11.8 Å². The van der Waals surface area contributed by atoms with Crippen LogP contribution in [0.25, 0.3) is 0 Å². The van der Waals surface area contributed by atoms with Crippen molar-refractivity contribution >= 4 is 29.1 Å². The minimum absolute atomic E-state index is 0.132. The Bertz CT molecular complexity index is 959. The standard InChI is InChI=1S/C21H22N4O3S/c1-28-13-7-12-25-15-22-24-21(25)29-14-19(26)23-18-11-6-5-10-17(18)20(27)16-8-3-2-4-9-16/h2-6,8-11,15H,7,12-14H2,1H3,(H,23,26). The Labute approximate surface area is 173 Å². The van der Waals surface area contributed by atoms with E-state index in [9.17, 15) is 9.59 Å². The Morgan fingerprint density at radius 1 is 1.10 bits per heavy atom. The molecule has 7 nitrogen and oxygen atoms in total. The van der Waals surface area contributed by atoms with Gasteiger partial charge in [-0.05, 0) is 18.6 Å². The molecule has 0 unspecified atom stereocenters. The third-order valence-corrected chi connectivity index (χ3v) is 5.12. The lowest BCUT2D eigenvalue weighted by Gasteiger charge is -2.10. The quantitative estimate of drug-likeness (QED) is 0.314. The minimum atomic E-state index is -0.213. The van der Waals surface area contributed by atoms with Gasteiger partial charge in [0.05, 0.1) is 11.4 Å². The summed E-state index contributed by atoms with van der Waals surface area (Å²) in [6.07, 6.45) is 2.48. The molecule has 0 aliphatic rings. The number of nitrogens with one attached hydrogen (secondary N) is 1. The van der Waals surface area contributed by atoms with Crippen molar-refractivity contribution in [2.24, 2.45) is 0 Å². The summed E-state index contributed by atoms with van der Waals surface area (Å²) in [5.74, 6) is -0.182. The van der Waals surface area contributed by atoms with Gasteiger partial charge in [-0.3, -0.25) is 9.59 Å². The number of ketones is 1. The van der Waals surface area contributed by atoms with Crippen LogP contribution in [0.4, 0.5) is 5.69 Å². The number of benzene rings is 2. The predicted octanol–water partition coefficient (Wildman–Crippen LogP) is 3.28. The number of para-hydroxylation sites is 1. The molecule has 3 rings (SSSR count). The van der Waals surface area contributed by atoms with E-state index < -0.39 is 0 Å². The van der Waals surface area contributed by atoms with Gasteiger partial charge < -0.3 is 14.6 Å². The van der Waals surface area contributed by atoms with Crippen molar-refractivity contribution in [1.29, 1.82) is 0 Å². The van der Waals surface area contributed by atoms with E-state index in [1.54, 1.807) is 49.8 Å². The van der Waals surface area contributed by atoms with Gasteiger partial charge in [0.2, 0.25) is 5.91 Å².